The number of aromatic nitrogens is 2. The van der Waals surface area contributed by atoms with E-state index < -0.39 is 0 Å². The third kappa shape index (κ3) is 5.04. The number of para-hydroxylation sites is 1. The Hall–Kier alpha value is -3.49. The standard InChI is InChI=1S/C24H28N6O2/c1-26-24(31)22-23(25)28-16-20(29-22)18-7-4-5-17(13-18)14-27-15-19-6-2-3-8-21(19)30-9-11-32-12-10-30/h2-8,13,16,27H,9-12,14-15H2,1H3,(H2,25,28)(H,26,31). The Morgan fingerprint density at radius 3 is 2.75 bits per heavy atom. The predicted molar refractivity (Wildman–Crippen MR) is 125 cm³/mol. The lowest BCUT2D eigenvalue weighted by Crippen LogP contribution is -2.37. The fraction of sp³-hybridized carbons (Fsp3) is 0.292. The van der Waals surface area contributed by atoms with Crippen LogP contribution in [-0.2, 0) is 17.8 Å². The Labute approximate surface area is 187 Å². The molecule has 1 aromatic heterocycles. The fourth-order valence-electron chi connectivity index (χ4n) is 3.78. The molecular formula is C24H28N6O2. The molecule has 0 atom stereocenters. The van der Waals surface area contributed by atoms with Gasteiger partial charge in [-0.25, -0.2) is 9.97 Å². The second-order valence-electron chi connectivity index (χ2n) is 7.60. The van der Waals surface area contributed by atoms with Crippen LogP contribution in [0.3, 0.4) is 0 Å². The molecule has 4 N–H and O–H groups in total. The van der Waals surface area contributed by atoms with Crippen LogP contribution in [0.25, 0.3) is 11.3 Å². The van der Waals surface area contributed by atoms with Gasteiger partial charge in [-0.1, -0.05) is 36.4 Å². The van der Waals surface area contributed by atoms with Crippen LogP contribution in [0.4, 0.5) is 11.5 Å². The minimum absolute atomic E-state index is 0.116. The molecule has 0 unspecified atom stereocenters. The molecule has 1 saturated heterocycles. The smallest absolute Gasteiger partial charge is 0.273 e. The van der Waals surface area contributed by atoms with E-state index in [1.807, 2.05) is 12.1 Å². The van der Waals surface area contributed by atoms with Crippen LogP contribution < -0.4 is 21.3 Å². The number of morpholine rings is 1. The van der Waals surface area contributed by atoms with E-state index in [0.29, 0.717) is 12.2 Å². The Morgan fingerprint density at radius 2 is 1.94 bits per heavy atom. The van der Waals surface area contributed by atoms with Gasteiger partial charge in [-0.3, -0.25) is 4.79 Å². The second-order valence-corrected chi connectivity index (χ2v) is 7.60. The number of anilines is 2. The van der Waals surface area contributed by atoms with E-state index in [-0.39, 0.29) is 17.4 Å². The van der Waals surface area contributed by atoms with Crippen molar-refractivity contribution in [2.45, 2.75) is 13.1 Å². The molecule has 0 radical (unpaired) electrons. The van der Waals surface area contributed by atoms with Crippen LogP contribution in [0.5, 0.6) is 0 Å². The van der Waals surface area contributed by atoms with Crippen LogP contribution >= 0.6 is 0 Å². The number of nitrogens with two attached hydrogens (primary N) is 1. The number of hydrogen-bond acceptors (Lipinski definition) is 7. The maximum Gasteiger partial charge on any atom is 0.273 e. The molecule has 0 aliphatic carbocycles. The third-order valence-electron chi connectivity index (χ3n) is 5.45. The zero-order valence-corrected chi connectivity index (χ0v) is 18.2. The van der Waals surface area contributed by atoms with Crippen LogP contribution in [0.2, 0.25) is 0 Å². The molecule has 3 aromatic rings. The molecule has 32 heavy (non-hydrogen) atoms. The van der Waals surface area contributed by atoms with E-state index in [0.717, 1.165) is 44.0 Å². The highest BCUT2D eigenvalue weighted by Crippen LogP contribution is 2.22. The lowest BCUT2D eigenvalue weighted by atomic mass is 10.1. The minimum atomic E-state index is -0.353. The van der Waals surface area contributed by atoms with Gasteiger partial charge in [0.25, 0.3) is 5.91 Å². The number of benzene rings is 2. The molecule has 0 bridgehead atoms. The predicted octanol–water partition coefficient (Wildman–Crippen LogP) is 2.21. The van der Waals surface area contributed by atoms with Gasteiger partial charge in [-0.15, -0.1) is 0 Å². The topological polar surface area (TPSA) is 105 Å². The third-order valence-corrected chi connectivity index (χ3v) is 5.45. The summed E-state index contributed by atoms with van der Waals surface area (Å²) >= 11 is 0. The SMILES string of the molecule is CNC(=O)c1nc(-c2cccc(CNCc3ccccc3N3CCOCC3)c2)cnc1N. The first kappa shape index (κ1) is 21.7. The van der Waals surface area contributed by atoms with Gasteiger partial charge in [-0.05, 0) is 23.3 Å². The molecule has 1 aliphatic heterocycles. The summed E-state index contributed by atoms with van der Waals surface area (Å²) in [4.78, 5) is 22.9. The molecule has 166 valence electrons. The van der Waals surface area contributed by atoms with Crippen molar-refractivity contribution in [3.63, 3.8) is 0 Å². The monoisotopic (exact) mass is 432 g/mol. The molecule has 1 fully saturated rings. The molecular weight excluding hydrogens is 404 g/mol. The zero-order chi connectivity index (χ0) is 22.3. The summed E-state index contributed by atoms with van der Waals surface area (Å²) in [5.41, 5.74) is 11.1. The number of carbonyl (C=O) groups is 1. The summed E-state index contributed by atoms with van der Waals surface area (Å²) < 4.78 is 5.49. The van der Waals surface area contributed by atoms with Gasteiger partial charge in [0.2, 0.25) is 0 Å². The Balaban J connectivity index is 1.44. The van der Waals surface area contributed by atoms with E-state index >= 15 is 0 Å². The lowest BCUT2D eigenvalue weighted by Gasteiger charge is -2.30. The first-order valence-electron chi connectivity index (χ1n) is 10.7. The lowest BCUT2D eigenvalue weighted by molar-refractivity contribution is 0.0959. The maximum atomic E-state index is 12.0. The van der Waals surface area contributed by atoms with Gasteiger partial charge in [0.1, 0.15) is 0 Å². The van der Waals surface area contributed by atoms with Gasteiger partial charge in [0.15, 0.2) is 11.5 Å². The van der Waals surface area contributed by atoms with Gasteiger partial charge < -0.3 is 26.0 Å². The van der Waals surface area contributed by atoms with Crippen molar-refractivity contribution in [1.29, 1.82) is 0 Å². The van der Waals surface area contributed by atoms with E-state index in [1.165, 1.54) is 11.3 Å². The zero-order valence-electron chi connectivity index (χ0n) is 18.2. The van der Waals surface area contributed by atoms with Crippen LogP contribution in [0.1, 0.15) is 21.6 Å². The van der Waals surface area contributed by atoms with Crippen LogP contribution in [0, 0.1) is 0 Å². The number of rotatable bonds is 7. The van der Waals surface area contributed by atoms with Crippen molar-refractivity contribution in [3.8, 4) is 11.3 Å². The van der Waals surface area contributed by atoms with Crippen molar-refractivity contribution < 1.29 is 9.53 Å². The number of hydrogen-bond donors (Lipinski definition) is 3. The van der Waals surface area contributed by atoms with E-state index in [9.17, 15) is 4.79 Å². The minimum Gasteiger partial charge on any atom is -0.382 e. The Kier molecular flexibility index (Phi) is 6.94. The maximum absolute atomic E-state index is 12.0. The number of amides is 1. The van der Waals surface area contributed by atoms with Gasteiger partial charge in [-0.2, -0.15) is 0 Å². The van der Waals surface area contributed by atoms with Crippen LogP contribution in [0.15, 0.2) is 54.7 Å². The molecule has 0 spiro atoms. The first-order valence-corrected chi connectivity index (χ1v) is 10.7. The number of nitrogens with zero attached hydrogens (tertiary/aromatic N) is 3. The van der Waals surface area contributed by atoms with E-state index in [4.69, 9.17) is 10.5 Å². The van der Waals surface area contributed by atoms with Crippen molar-refractivity contribution in [2.75, 3.05) is 44.0 Å². The highest BCUT2D eigenvalue weighted by Gasteiger charge is 2.15. The molecule has 0 saturated carbocycles. The van der Waals surface area contributed by atoms with Gasteiger partial charge >= 0.3 is 0 Å². The summed E-state index contributed by atoms with van der Waals surface area (Å²) in [7, 11) is 1.54. The van der Waals surface area contributed by atoms with Gasteiger partial charge in [0, 0.05) is 44.5 Å². The van der Waals surface area contributed by atoms with E-state index in [1.54, 1.807) is 13.2 Å². The first-order chi connectivity index (χ1) is 15.7. The molecule has 4 rings (SSSR count). The van der Waals surface area contributed by atoms with Crippen LogP contribution in [-0.4, -0.2) is 49.2 Å². The molecule has 2 heterocycles. The number of ether oxygens (including phenoxy) is 1. The Morgan fingerprint density at radius 1 is 1.12 bits per heavy atom. The van der Waals surface area contributed by atoms with Gasteiger partial charge in [0.05, 0.1) is 25.1 Å². The average Bonchev–Trinajstić information content (AvgIpc) is 2.85. The number of nitrogen functional groups attached to an aromatic ring is 1. The fourth-order valence-corrected chi connectivity index (χ4v) is 3.78. The molecule has 1 aliphatic rings. The van der Waals surface area contributed by atoms with E-state index in [2.05, 4.69) is 61.9 Å². The van der Waals surface area contributed by atoms with Crippen molar-refractivity contribution in [1.82, 2.24) is 20.6 Å². The number of nitrogens with one attached hydrogen (secondary N) is 2. The van der Waals surface area contributed by atoms with Crippen molar-refractivity contribution in [2.24, 2.45) is 0 Å². The molecule has 8 heteroatoms. The number of carbonyl (C=O) groups excluding carboxylic acids is 1. The summed E-state index contributed by atoms with van der Waals surface area (Å²) in [6, 6.07) is 16.5. The summed E-state index contributed by atoms with van der Waals surface area (Å²) in [6.07, 6.45) is 1.59. The average molecular weight is 433 g/mol. The Bertz CT molecular complexity index is 1080. The van der Waals surface area contributed by atoms with Crippen molar-refractivity contribution >= 4 is 17.4 Å². The second kappa shape index (κ2) is 10.2. The summed E-state index contributed by atoms with van der Waals surface area (Å²) in [6.45, 7) is 4.84. The molecule has 8 nitrogen and oxygen atoms in total. The summed E-state index contributed by atoms with van der Waals surface area (Å²) in [5.74, 6) is -0.238. The highest BCUT2D eigenvalue weighted by molar-refractivity contribution is 5.96. The molecule has 1 amide bonds. The largest absolute Gasteiger partial charge is 0.382 e. The quantitative estimate of drug-likeness (QED) is 0.526. The summed E-state index contributed by atoms with van der Waals surface area (Å²) in [5, 5.41) is 6.09. The normalized spacial score (nSPS) is 13.7. The molecule has 2 aromatic carbocycles. The van der Waals surface area contributed by atoms with Crippen molar-refractivity contribution in [3.05, 3.63) is 71.5 Å². The highest BCUT2D eigenvalue weighted by atomic mass is 16.5.